The van der Waals surface area contributed by atoms with Crippen molar-refractivity contribution in [1.82, 2.24) is 0 Å². The second-order valence-electron chi connectivity index (χ2n) is 3.59. The molecule has 0 bridgehead atoms. The van der Waals surface area contributed by atoms with Gasteiger partial charge in [-0.15, -0.1) is 0 Å². The molecule has 1 aromatic carbocycles. The van der Waals surface area contributed by atoms with E-state index in [0.29, 0.717) is 17.8 Å². The molecule has 0 spiro atoms. The van der Waals surface area contributed by atoms with Crippen LogP contribution < -0.4 is 11.1 Å². The van der Waals surface area contributed by atoms with Crippen molar-refractivity contribution in [1.29, 1.82) is 0 Å². The summed E-state index contributed by atoms with van der Waals surface area (Å²) in [5.74, 6) is -0.668. The molecule has 3 nitrogen and oxygen atoms in total. The zero-order valence-electron chi connectivity index (χ0n) is 8.88. The van der Waals surface area contributed by atoms with E-state index in [9.17, 15) is 9.18 Å². The van der Waals surface area contributed by atoms with Gasteiger partial charge >= 0.3 is 0 Å². The highest BCUT2D eigenvalue weighted by Crippen LogP contribution is 2.14. The number of rotatable bonds is 3. The Kier molecular flexibility index (Phi) is 3.80. The molecule has 15 heavy (non-hydrogen) atoms. The predicted octanol–water partition coefficient (Wildman–Crippen LogP) is 1.67. The third-order valence-electron chi connectivity index (χ3n) is 2.23. The Morgan fingerprint density at radius 1 is 1.60 bits per heavy atom. The van der Waals surface area contributed by atoms with E-state index < -0.39 is 0 Å². The van der Waals surface area contributed by atoms with Gasteiger partial charge in [-0.1, -0.05) is 6.92 Å². The second kappa shape index (κ2) is 4.89. The predicted molar refractivity (Wildman–Crippen MR) is 58.0 cm³/mol. The highest BCUT2D eigenvalue weighted by Gasteiger charge is 2.11. The minimum Gasteiger partial charge on any atom is -0.330 e. The topological polar surface area (TPSA) is 55.1 Å². The summed E-state index contributed by atoms with van der Waals surface area (Å²) >= 11 is 0. The molecule has 0 saturated heterocycles. The summed E-state index contributed by atoms with van der Waals surface area (Å²) in [6, 6.07) is 4.46. The standard InChI is InChI=1S/C11H15FN2O/c1-7-5-9(3-4-10(7)12)14-11(15)8(2)6-13/h3-5,8H,6,13H2,1-2H3,(H,14,15). The summed E-state index contributed by atoms with van der Waals surface area (Å²) in [7, 11) is 0. The molecule has 1 atom stereocenters. The van der Waals surface area contributed by atoms with Crippen LogP contribution in [0.2, 0.25) is 0 Å². The number of amides is 1. The quantitative estimate of drug-likeness (QED) is 0.797. The van der Waals surface area contributed by atoms with Crippen molar-refractivity contribution in [2.45, 2.75) is 13.8 Å². The molecule has 0 aromatic heterocycles. The van der Waals surface area contributed by atoms with E-state index in [2.05, 4.69) is 5.32 Å². The van der Waals surface area contributed by atoms with Gasteiger partial charge in [0.05, 0.1) is 0 Å². The monoisotopic (exact) mass is 210 g/mol. The fourth-order valence-corrected chi connectivity index (χ4v) is 1.09. The minimum atomic E-state index is -0.278. The average Bonchev–Trinajstić information content (AvgIpc) is 2.22. The summed E-state index contributed by atoms with van der Waals surface area (Å²) in [6.45, 7) is 3.69. The van der Waals surface area contributed by atoms with Crippen molar-refractivity contribution in [3.05, 3.63) is 29.6 Å². The van der Waals surface area contributed by atoms with Crippen molar-refractivity contribution in [3.63, 3.8) is 0 Å². The fraction of sp³-hybridized carbons (Fsp3) is 0.364. The highest BCUT2D eigenvalue weighted by atomic mass is 19.1. The molecule has 1 aromatic rings. The summed E-state index contributed by atoms with van der Waals surface area (Å²) in [5.41, 5.74) is 6.46. The Morgan fingerprint density at radius 3 is 2.80 bits per heavy atom. The van der Waals surface area contributed by atoms with Crippen LogP contribution in [-0.2, 0) is 4.79 Å². The van der Waals surface area contributed by atoms with Crippen molar-refractivity contribution in [2.24, 2.45) is 11.7 Å². The Balaban J connectivity index is 2.73. The van der Waals surface area contributed by atoms with Crippen LogP contribution in [0, 0.1) is 18.7 Å². The number of carbonyl (C=O) groups excluding carboxylic acids is 1. The van der Waals surface area contributed by atoms with Crippen LogP contribution in [0.5, 0.6) is 0 Å². The van der Waals surface area contributed by atoms with E-state index in [1.807, 2.05) is 0 Å². The number of anilines is 1. The number of halogens is 1. The number of hydrogen-bond donors (Lipinski definition) is 2. The fourth-order valence-electron chi connectivity index (χ4n) is 1.09. The molecular formula is C11H15FN2O. The minimum absolute atomic E-state index is 0.150. The first-order valence-electron chi connectivity index (χ1n) is 4.81. The Morgan fingerprint density at radius 2 is 2.27 bits per heavy atom. The van der Waals surface area contributed by atoms with Crippen LogP contribution in [0.4, 0.5) is 10.1 Å². The lowest BCUT2D eigenvalue weighted by Crippen LogP contribution is -2.26. The lowest BCUT2D eigenvalue weighted by molar-refractivity contribution is -0.119. The maximum atomic E-state index is 12.9. The SMILES string of the molecule is Cc1cc(NC(=O)C(C)CN)ccc1F. The molecule has 0 aliphatic rings. The van der Waals surface area contributed by atoms with Crippen LogP contribution in [0.15, 0.2) is 18.2 Å². The maximum Gasteiger partial charge on any atom is 0.228 e. The van der Waals surface area contributed by atoms with Gasteiger partial charge in [0.15, 0.2) is 0 Å². The van der Waals surface area contributed by atoms with Crippen LogP contribution in [0.3, 0.4) is 0 Å². The molecule has 1 rings (SSSR count). The largest absolute Gasteiger partial charge is 0.330 e. The first-order valence-corrected chi connectivity index (χ1v) is 4.81. The van der Waals surface area contributed by atoms with E-state index in [4.69, 9.17) is 5.73 Å². The normalized spacial score (nSPS) is 12.3. The number of nitrogens with two attached hydrogens (primary N) is 1. The van der Waals surface area contributed by atoms with Crippen LogP contribution >= 0.6 is 0 Å². The summed E-state index contributed by atoms with van der Waals surface area (Å²) in [4.78, 5) is 11.5. The maximum absolute atomic E-state index is 12.9. The van der Waals surface area contributed by atoms with Crippen molar-refractivity contribution < 1.29 is 9.18 Å². The van der Waals surface area contributed by atoms with Crippen LogP contribution in [0.1, 0.15) is 12.5 Å². The summed E-state index contributed by atoms with van der Waals surface area (Å²) < 4.78 is 12.9. The van der Waals surface area contributed by atoms with Crippen molar-refractivity contribution >= 4 is 11.6 Å². The van der Waals surface area contributed by atoms with Crippen LogP contribution in [-0.4, -0.2) is 12.5 Å². The lowest BCUT2D eigenvalue weighted by atomic mass is 10.1. The van der Waals surface area contributed by atoms with Gasteiger partial charge < -0.3 is 11.1 Å². The molecule has 1 amide bonds. The summed E-state index contributed by atoms with van der Waals surface area (Å²) in [5, 5.41) is 2.68. The van der Waals surface area contributed by atoms with Gasteiger partial charge in [-0.2, -0.15) is 0 Å². The zero-order chi connectivity index (χ0) is 11.4. The molecule has 0 aliphatic carbocycles. The molecule has 0 radical (unpaired) electrons. The molecule has 0 fully saturated rings. The second-order valence-corrected chi connectivity index (χ2v) is 3.59. The molecule has 0 aliphatic heterocycles. The summed E-state index contributed by atoms with van der Waals surface area (Å²) in [6.07, 6.45) is 0. The molecule has 1 unspecified atom stereocenters. The smallest absolute Gasteiger partial charge is 0.228 e. The average molecular weight is 210 g/mol. The van der Waals surface area contributed by atoms with E-state index in [1.54, 1.807) is 19.9 Å². The third kappa shape index (κ3) is 3.02. The van der Waals surface area contributed by atoms with Crippen molar-refractivity contribution in [2.75, 3.05) is 11.9 Å². The van der Waals surface area contributed by atoms with Crippen LogP contribution in [0.25, 0.3) is 0 Å². The molecule has 4 heteroatoms. The first-order chi connectivity index (χ1) is 7.04. The van der Waals surface area contributed by atoms with E-state index >= 15 is 0 Å². The van der Waals surface area contributed by atoms with Gasteiger partial charge in [-0.3, -0.25) is 4.79 Å². The van der Waals surface area contributed by atoms with E-state index in [0.717, 1.165) is 0 Å². The number of hydrogen-bond acceptors (Lipinski definition) is 2. The number of nitrogens with one attached hydrogen (secondary N) is 1. The van der Waals surface area contributed by atoms with E-state index in [1.165, 1.54) is 12.1 Å². The van der Waals surface area contributed by atoms with Gasteiger partial charge in [-0.05, 0) is 30.7 Å². The molecule has 3 N–H and O–H groups in total. The molecular weight excluding hydrogens is 195 g/mol. The number of carbonyl (C=O) groups is 1. The highest BCUT2D eigenvalue weighted by molar-refractivity contribution is 5.92. The zero-order valence-corrected chi connectivity index (χ0v) is 8.88. The first kappa shape index (κ1) is 11.7. The molecule has 0 heterocycles. The van der Waals surface area contributed by atoms with Crippen molar-refractivity contribution in [3.8, 4) is 0 Å². The third-order valence-corrected chi connectivity index (χ3v) is 2.23. The van der Waals surface area contributed by atoms with E-state index in [-0.39, 0.29) is 17.6 Å². The van der Waals surface area contributed by atoms with Gasteiger partial charge in [0.25, 0.3) is 0 Å². The van der Waals surface area contributed by atoms with Gasteiger partial charge in [-0.25, -0.2) is 4.39 Å². The molecule has 82 valence electrons. The Labute approximate surface area is 88.5 Å². The van der Waals surface area contributed by atoms with Gasteiger partial charge in [0, 0.05) is 18.2 Å². The Hall–Kier alpha value is -1.42. The van der Waals surface area contributed by atoms with Gasteiger partial charge in [0.2, 0.25) is 5.91 Å². The van der Waals surface area contributed by atoms with Gasteiger partial charge in [0.1, 0.15) is 5.82 Å². The number of aryl methyl sites for hydroxylation is 1. The lowest BCUT2D eigenvalue weighted by Gasteiger charge is -2.10. The number of benzene rings is 1. The molecule has 0 saturated carbocycles. The Bertz CT molecular complexity index is 366.